The van der Waals surface area contributed by atoms with Gasteiger partial charge >= 0.3 is 0 Å². The van der Waals surface area contributed by atoms with Crippen LogP contribution in [0.25, 0.3) is 0 Å². The maximum Gasteiger partial charge on any atom is 0.141 e. The zero-order valence-corrected chi connectivity index (χ0v) is 13.4. The van der Waals surface area contributed by atoms with Crippen LogP contribution in [0.15, 0.2) is 17.0 Å². The van der Waals surface area contributed by atoms with E-state index in [1.54, 1.807) is 4.68 Å². The zero-order valence-electron chi connectivity index (χ0n) is 11.8. The molecule has 1 aromatic heterocycles. The van der Waals surface area contributed by atoms with Gasteiger partial charge in [0.2, 0.25) is 0 Å². The molecule has 2 aromatic rings. The fourth-order valence-corrected chi connectivity index (χ4v) is 3.40. The van der Waals surface area contributed by atoms with Gasteiger partial charge in [0.05, 0.1) is 21.3 Å². The van der Waals surface area contributed by atoms with E-state index in [0.29, 0.717) is 23.7 Å². The summed E-state index contributed by atoms with van der Waals surface area (Å²) in [5.41, 5.74) is 7.04. The Bertz CT molecular complexity index is 635. The van der Waals surface area contributed by atoms with Crippen molar-refractivity contribution in [3.8, 4) is 0 Å². The van der Waals surface area contributed by atoms with E-state index in [9.17, 15) is 8.78 Å². The second kappa shape index (κ2) is 6.66. The van der Waals surface area contributed by atoms with Crippen molar-refractivity contribution in [3.05, 3.63) is 40.2 Å². The van der Waals surface area contributed by atoms with Crippen LogP contribution in [0.1, 0.15) is 25.2 Å². The van der Waals surface area contributed by atoms with Crippen molar-refractivity contribution >= 4 is 29.1 Å². The standard InChI is InChI=1S/C14H16ClF2N3S/c1-3-11-13(15)12(20(4-2)19-11)7-21-14-9(16)5-8(18)6-10(14)17/h5-6H,3-4,7,18H2,1-2H3. The van der Waals surface area contributed by atoms with Crippen molar-refractivity contribution in [1.82, 2.24) is 9.78 Å². The lowest BCUT2D eigenvalue weighted by molar-refractivity contribution is 0.541. The third-order valence-electron chi connectivity index (χ3n) is 3.07. The quantitative estimate of drug-likeness (QED) is 0.657. The van der Waals surface area contributed by atoms with E-state index in [4.69, 9.17) is 17.3 Å². The molecule has 0 aliphatic rings. The highest BCUT2D eigenvalue weighted by atomic mass is 35.5. The predicted octanol–water partition coefficient (Wildman–Crippen LogP) is 4.27. The highest BCUT2D eigenvalue weighted by Gasteiger charge is 2.17. The Morgan fingerprint density at radius 1 is 1.29 bits per heavy atom. The van der Waals surface area contributed by atoms with Gasteiger partial charge in [-0.2, -0.15) is 5.10 Å². The Morgan fingerprint density at radius 2 is 1.90 bits per heavy atom. The topological polar surface area (TPSA) is 43.8 Å². The van der Waals surface area contributed by atoms with Gasteiger partial charge in [-0.3, -0.25) is 4.68 Å². The molecule has 0 atom stereocenters. The summed E-state index contributed by atoms with van der Waals surface area (Å²) in [5.74, 6) is -0.976. The molecule has 0 unspecified atom stereocenters. The molecule has 114 valence electrons. The minimum atomic E-state index is -0.660. The number of hydrogen-bond acceptors (Lipinski definition) is 3. The van der Waals surface area contributed by atoms with E-state index in [-0.39, 0.29) is 10.6 Å². The number of aromatic nitrogens is 2. The number of hydrogen-bond donors (Lipinski definition) is 1. The lowest BCUT2D eigenvalue weighted by atomic mass is 10.3. The highest BCUT2D eigenvalue weighted by Crippen LogP contribution is 2.33. The van der Waals surface area contributed by atoms with E-state index in [1.165, 1.54) is 0 Å². The molecule has 1 aromatic carbocycles. The van der Waals surface area contributed by atoms with Gasteiger partial charge in [-0.1, -0.05) is 18.5 Å². The number of nitrogens with zero attached hydrogens (tertiary/aromatic N) is 2. The fourth-order valence-electron chi connectivity index (χ4n) is 2.01. The summed E-state index contributed by atoms with van der Waals surface area (Å²) < 4.78 is 29.3. The van der Waals surface area contributed by atoms with Gasteiger partial charge in [-0.15, -0.1) is 11.8 Å². The van der Waals surface area contributed by atoms with Crippen LogP contribution >= 0.6 is 23.4 Å². The Kier molecular flexibility index (Phi) is 5.11. The summed E-state index contributed by atoms with van der Waals surface area (Å²) in [7, 11) is 0. The number of nitrogen functional groups attached to an aromatic ring is 1. The molecule has 2 N–H and O–H groups in total. The SMILES string of the molecule is CCc1nn(CC)c(CSc2c(F)cc(N)cc2F)c1Cl. The molecule has 0 aliphatic carbocycles. The normalized spacial score (nSPS) is 11.1. The van der Waals surface area contributed by atoms with Crippen LogP contribution in [-0.4, -0.2) is 9.78 Å². The third kappa shape index (κ3) is 3.32. The largest absolute Gasteiger partial charge is 0.399 e. The number of halogens is 3. The van der Waals surface area contributed by atoms with Crippen LogP contribution in [0.3, 0.4) is 0 Å². The molecular weight excluding hydrogens is 316 g/mol. The number of rotatable bonds is 5. The molecule has 0 radical (unpaired) electrons. The molecule has 1 heterocycles. The van der Waals surface area contributed by atoms with Crippen molar-refractivity contribution < 1.29 is 8.78 Å². The molecule has 0 fully saturated rings. The molecule has 2 rings (SSSR count). The van der Waals surface area contributed by atoms with E-state index in [2.05, 4.69) is 5.10 Å². The summed E-state index contributed by atoms with van der Waals surface area (Å²) in [6.07, 6.45) is 0.716. The van der Waals surface area contributed by atoms with Crippen molar-refractivity contribution in [2.45, 2.75) is 37.5 Å². The van der Waals surface area contributed by atoms with Crippen LogP contribution < -0.4 is 5.73 Å². The average molecular weight is 332 g/mol. The van der Waals surface area contributed by atoms with E-state index < -0.39 is 11.6 Å². The van der Waals surface area contributed by atoms with E-state index in [1.807, 2.05) is 13.8 Å². The minimum Gasteiger partial charge on any atom is -0.399 e. The summed E-state index contributed by atoms with van der Waals surface area (Å²) in [5, 5.41) is 4.95. The molecule has 0 bridgehead atoms. The maximum atomic E-state index is 13.8. The van der Waals surface area contributed by atoms with Gasteiger partial charge in [0.1, 0.15) is 11.6 Å². The molecule has 7 heteroatoms. The minimum absolute atomic E-state index is 0.0535. The first-order chi connectivity index (χ1) is 9.97. The summed E-state index contributed by atoms with van der Waals surface area (Å²) in [6, 6.07) is 2.23. The van der Waals surface area contributed by atoms with Gasteiger partial charge in [-0.05, 0) is 25.5 Å². The maximum absolute atomic E-state index is 13.8. The summed E-state index contributed by atoms with van der Waals surface area (Å²) >= 11 is 7.33. The molecule has 21 heavy (non-hydrogen) atoms. The average Bonchev–Trinajstić information content (AvgIpc) is 2.73. The van der Waals surface area contributed by atoms with Crippen LogP contribution in [-0.2, 0) is 18.7 Å². The number of anilines is 1. The Labute approximate surface area is 131 Å². The molecule has 0 aliphatic heterocycles. The molecular formula is C14H16ClF2N3S. The highest BCUT2D eigenvalue weighted by molar-refractivity contribution is 7.98. The second-order valence-corrected chi connectivity index (χ2v) is 5.84. The number of thioether (sulfide) groups is 1. The summed E-state index contributed by atoms with van der Waals surface area (Å²) in [6.45, 7) is 4.56. The smallest absolute Gasteiger partial charge is 0.141 e. The molecule has 0 amide bonds. The first kappa shape index (κ1) is 16.1. The molecule has 3 nitrogen and oxygen atoms in total. The first-order valence-electron chi connectivity index (χ1n) is 6.59. The lowest BCUT2D eigenvalue weighted by Gasteiger charge is -2.08. The van der Waals surface area contributed by atoms with Crippen molar-refractivity contribution in [1.29, 1.82) is 0 Å². The molecule has 0 spiro atoms. The monoisotopic (exact) mass is 331 g/mol. The van der Waals surface area contributed by atoms with Crippen molar-refractivity contribution in [3.63, 3.8) is 0 Å². The van der Waals surface area contributed by atoms with Gasteiger partial charge in [0.25, 0.3) is 0 Å². The van der Waals surface area contributed by atoms with Crippen molar-refractivity contribution in [2.24, 2.45) is 0 Å². The van der Waals surface area contributed by atoms with Gasteiger partial charge in [0.15, 0.2) is 0 Å². The number of benzene rings is 1. The Morgan fingerprint density at radius 3 is 2.43 bits per heavy atom. The number of nitrogens with two attached hydrogens (primary N) is 1. The third-order valence-corrected chi connectivity index (χ3v) is 4.60. The first-order valence-corrected chi connectivity index (χ1v) is 7.95. The lowest BCUT2D eigenvalue weighted by Crippen LogP contribution is -2.02. The van der Waals surface area contributed by atoms with Crippen LogP contribution in [0, 0.1) is 11.6 Å². The molecule has 0 saturated carbocycles. The fraction of sp³-hybridized carbons (Fsp3) is 0.357. The van der Waals surface area contributed by atoms with Crippen LogP contribution in [0.4, 0.5) is 14.5 Å². The van der Waals surface area contributed by atoms with Crippen LogP contribution in [0.2, 0.25) is 5.02 Å². The summed E-state index contributed by atoms with van der Waals surface area (Å²) in [4.78, 5) is -0.0535. The number of aryl methyl sites for hydroxylation is 2. The predicted molar refractivity (Wildman–Crippen MR) is 82.6 cm³/mol. The van der Waals surface area contributed by atoms with Gasteiger partial charge in [0, 0.05) is 18.0 Å². The zero-order chi connectivity index (χ0) is 15.6. The Hall–Kier alpha value is -1.27. The van der Waals surface area contributed by atoms with E-state index >= 15 is 0 Å². The second-order valence-electron chi connectivity index (χ2n) is 4.48. The Balaban J connectivity index is 2.26. The van der Waals surface area contributed by atoms with Gasteiger partial charge < -0.3 is 5.73 Å². The van der Waals surface area contributed by atoms with E-state index in [0.717, 1.165) is 35.3 Å². The van der Waals surface area contributed by atoms with Crippen molar-refractivity contribution in [2.75, 3.05) is 5.73 Å². The van der Waals surface area contributed by atoms with Gasteiger partial charge in [-0.25, -0.2) is 8.78 Å². The molecule has 0 saturated heterocycles. The van der Waals surface area contributed by atoms with Crippen LogP contribution in [0.5, 0.6) is 0 Å².